The number of hydrogen-bond donors (Lipinski definition) is 0. The Morgan fingerprint density at radius 1 is 1.00 bits per heavy atom. The van der Waals surface area contributed by atoms with Gasteiger partial charge in [0.2, 0.25) is 5.91 Å². The van der Waals surface area contributed by atoms with Crippen molar-refractivity contribution in [2.24, 2.45) is 0 Å². The number of fused-ring (bicyclic) bond motifs is 1. The second-order valence-electron chi connectivity index (χ2n) is 6.21. The monoisotopic (exact) mass is 337 g/mol. The van der Waals surface area contributed by atoms with Crippen molar-refractivity contribution in [3.63, 3.8) is 0 Å². The van der Waals surface area contributed by atoms with Crippen molar-refractivity contribution >= 4 is 11.7 Å². The van der Waals surface area contributed by atoms with Gasteiger partial charge in [-0.25, -0.2) is 0 Å². The van der Waals surface area contributed by atoms with Crippen LogP contribution in [0.25, 0.3) is 0 Å². The lowest BCUT2D eigenvalue weighted by molar-refractivity contribution is -0.132. The van der Waals surface area contributed by atoms with Gasteiger partial charge in [-0.15, -0.1) is 0 Å². The summed E-state index contributed by atoms with van der Waals surface area (Å²) in [4.78, 5) is 26.6. The summed E-state index contributed by atoms with van der Waals surface area (Å²) < 4.78 is 5.37. The highest BCUT2D eigenvalue weighted by Crippen LogP contribution is 2.20. The van der Waals surface area contributed by atoms with Crippen LogP contribution in [0.1, 0.15) is 41.3 Å². The number of rotatable bonds is 6. The molecule has 0 saturated heterocycles. The Labute approximate surface area is 148 Å². The number of ketones is 1. The first-order valence-corrected chi connectivity index (χ1v) is 8.78. The molecule has 4 nitrogen and oxygen atoms in total. The number of Topliss-reactive ketones (excluding diaryl/α,β-unsaturated/α-hetero) is 1. The predicted octanol–water partition coefficient (Wildman–Crippen LogP) is 3.63. The summed E-state index contributed by atoms with van der Waals surface area (Å²) in [7, 11) is 0. The quantitative estimate of drug-likeness (QED) is 0.756. The van der Waals surface area contributed by atoms with E-state index in [1.54, 1.807) is 24.3 Å². The van der Waals surface area contributed by atoms with E-state index in [9.17, 15) is 9.59 Å². The van der Waals surface area contributed by atoms with Gasteiger partial charge in [0.1, 0.15) is 5.75 Å². The first-order valence-electron chi connectivity index (χ1n) is 8.78. The minimum Gasteiger partial charge on any atom is -0.494 e. The fourth-order valence-electron chi connectivity index (χ4n) is 3.14. The number of nitrogens with zero attached hydrogens (tertiary/aromatic N) is 1. The SMILES string of the molecule is CCOc1ccc(C(=O)CCC(=O)N2CCc3ccccc3C2)cc1. The third kappa shape index (κ3) is 4.27. The van der Waals surface area contributed by atoms with Crippen LogP contribution in [0.4, 0.5) is 0 Å². The Morgan fingerprint density at radius 3 is 2.44 bits per heavy atom. The van der Waals surface area contributed by atoms with Crippen LogP contribution in [-0.4, -0.2) is 29.7 Å². The molecule has 1 heterocycles. The van der Waals surface area contributed by atoms with Crippen molar-refractivity contribution in [2.45, 2.75) is 32.7 Å². The van der Waals surface area contributed by atoms with Crippen LogP contribution >= 0.6 is 0 Å². The molecule has 0 aliphatic carbocycles. The third-order valence-corrected chi connectivity index (χ3v) is 4.54. The minimum atomic E-state index is -0.00573. The van der Waals surface area contributed by atoms with Gasteiger partial charge in [-0.3, -0.25) is 9.59 Å². The van der Waals surface area contributed by atoms with Gasteiger partial charge in [0.15, 0.2) is 5.78 Å². The molecular weight excluding hydrogens is 314 g/mol. The zero-order valence-electron chi connectivity index (χ0n) is 14.5. The molecule has 0 fully saturated rings. The fourth-order valence-corrected chi connectivity index (χ4v) is 3.14. The fraction of sp³-hybridized carbons (Fsp3) is 0.333. The van der Waals surface area contributed by atoms with E-state index in [4.69, 9.17) is 4.74 Å². The maximum Gasteiger partial charge on any atom is 0.223 e. The first kappa shape index (κ1) is 17.2. The molecular formula is C21H23NO3. The third-order valence-electron chi connectivity index (χ3n) is 4.54. The summed E-state index contributed by atoms with van der Waals surface area (Å²) in [5.41, 5.74) is 3.15. The van der Waals surface area contributed by atoms with Gasteiger partial charge in [-0.1, -0.05) is 24.3 Å². The summed E-state index contributed by atoms with van der Waals surface area (Å²) in [6.07, 6.45) is 1.38. The van der Waals surface area contributed by atoms with Crippen LogP contribution in [0.3, 0.4) is 0 Å². The molecule has 0 bridgehead atoms. The number of benzene rings is 2. The molecule has 1 aliphatic heterocycles. The summed E-state index contributed by atoms with van der Waals surface area (Å²) in [5.74, 6) is 0.796. The van der Waals surface area contributed by atoms with E-state index in [1.807, 2.05) is 24.0 Å². The number of ether oxygens (including phenoxy) is 1. The molecule has 25 heavy (non-hydrogen) atoms. The van der Waals surface area contributed by atoms with Gasteiger partial charge in [0, 0.05) is 31.5 Å². The maximum atomic E-state index is 12.4. The second-order valence-corrected chi connectivity index (χ2v) is 6.21. The molecule has 2 aromatic rings. The standard InChI is InChI=1S/C21H23NO3/c1-2-25-19-9-7-17(8-10-19)20(23)11-12-21(24)22-14-13-16-5-3-4-6-18(16)15-22/h3-10H,2,11-15H2,1H3. The van der Waals surface area contributed by atoms with E-state index >= 15 is 0 Å². The lowest BCUT2D eigenvalue weighted by atomic mass is 9.99. The molecule has 0 spiro atoms. The molecule has 0 atom stereocenters. The zero-order chi connectivity index (χ0) is 17.6. The van der Waals surface area contributed by atoms with Gasteiger partial charge in [-0.05, 0) is 48.7 Å². The molecule has 0 N–H and O–H groups in total. The van der Waals surface area contributed by atoms with Crippen LogP contribution in [0.2, 0.25) is 0 Å². The van der Waals surface area contributed by atoms with Crippen molar-refractivity contribution < 1.29 is 14.3 Å². The average molecular weight is 337 g/mol. The van der Waals surface area contributed by atoms with Crippen molar-refractivity contribution in [1.29, 1.82) is 0 Å². The lowest BCUT2D eigenvalue weighted by Crippen LogP contribution is -2.36. The van der Waals surface area contributed by atoms with Crippen LogP contribution in [-0.2, 0) is 17.8 Å². The average Bonchev–Trinajstić information content (AvgIpc) is 2.66. The highest BCUT2D eigenvalue weighted by Gasteiger charge is 2.21. The van der Waals surface area contributed by atoms with Crippen LogP contribution < -0.4 is 4.74 Å². The predicted molar refractivity (Wildman–Crippen MR) is 96.7 cm³/mol. The largest absolute Gasteiger partial charge is 0.494 e. The number of carbonyl (C=O) groups excluding carboxylic acids is 2. The highest BCUT2D eigenvalue weighted by atomic mass is 16.5. The van der Waals surface area contributed by atoms with Crippen LogP contribution in [0.15, 0.2) is 48.5 Å². The van der Waals surface area contributed by atoms with Gasteiger partial charge >= 0.3 is 0 Å². The molecule has 3 rings (SSSR count). The summed E-state index contributed by atoms with van der Waals surface area (Å²) in [6.45, 7) is 3.89. The van der Waals surface area contributed by atoms with Crippen LogP contribution in [0, 0.1) is 0 Å². The first-order chi connectivity index (χ1) is 12.2. The molecule has 2 aromatic carbocycles. The summed E-state index contributed by atoms with van der Waals surface area (Å²) in [5, 5.41) is 0. The number of carbonyl (C=O) groups is 2. The molecule has 1 amide bonds. The topological polar surface area (TPSA) is 46.6 Å². The van der Waals surface area contributed by atoms with Crippen molar-refractivity contribution in [2.75, 3.05) is 13.2 Å². The summed E-state index contributed by atoms with van der Waals surface area (Å²) >= 11 is 0. The molecule has 0 aromatic heterocycles. The zero-order valence-corrected chi connectivity index (χ0v) is 14.5. The minimum absolute atomic E-state index is 0.00573. The second kappa shape index (κ2) is 7.97. The van der Waals surface area contributed by atoms with Gasteiger partial charge in [0.05, 0.1) is 6.61 Å². The van der Waals surface area contributed by atoms with Gasteiger partial charge in [0.25, 0.3) is 0 Å². The van der Waals surface area contributed by atoms with Crippen molar-refractivity contribution in [1.82, 2.24) is 4.90 Å². The Balaban J connectivity index is 1.53. The number of hydrogen-bond acceptors (Lipinski definition) is 3. The maximum absolute atomic E-state index is 12.4. The Hall–Kier alpha value is -2.62. The van der Waals surface area contributed by atoms with E-state index < -0.39 is 0 Å². The van der Waals surface area contributed by atoms with Crippen LogP contribution in [0.5, 0.6) is 5.75 Å². The normalized spacial score (nSPS) is 13.2. The van der Waals surface area contributed by atoms with E-state index in [0.717, 1.165) is 18.7 Å². The lowest BCUT2D eigenvalue weighted by Gasteiger charge is -2.28. The molecule has 130 valence electrons. The number of amides is 1. The van der Waals surface area contributed by atoms with E-state index in [1.165, 1.54) is 11.1 Å². The van der Waals surface area contributed by atoms with Gasteiger partial charge in [-0.2, -0.15) is 0 Å². The molecule has 0 saturated carbocycles. The Bertz CT molecular complexity index is 752. The Morgan fingerprint density at radius 2 is 1.72 bits per heavy atom. The molecule has 0 unspecified atom stereocenters. The Kier molecular flexibility index (Phi) is 5.49. The smallest absolute Gasteiger partial charge is 0.223 e. The molecule has 0 radical (unpaired) electrons. The highest BCUT2D eigenvalue weighted by molar-refractivity contribution is 5.98. The van der Waals surface area contributed by atoms with E-state index in [0.29, 0.717) is 18.7 Å². The molecule has 1 aliphatic rings. The summed E-state index contributed by atoms with van der Waals surface area (Å²) in [6, 6.07) is 15.3. The van der Waals surface area contributed by atoms with Gasteiger partial charge < -0.3 is 9.64 Å². The van der Waals surface area contributed by atoms with E-state index in [-0.39, 0.29) is 24.5 Å². The van der Waals surface area contributed by atoms with Crippen molar-refractivity contribution in [3.8, 4) is 5.75 Å². The van der Waals surface area contributed by atoms with Crippen molar-refractivity contribution in [3.05, 3.63) is 65.2 Å². The van der Waals surface area contributed by atoms with E-state index in [2.05, 4.69) is 12.1 Å². The molecule has 4 heteroatoms.